The molecule has 0 bridgehead atoms. The number of rotatable bonds is 6. The number of hydrogen-bond donors (Lipinski definition) is 1. The van der Waals surface area contributed by atoms with Crippen LogP contribution in [0.1, 0.15) is 22.9 Å². The minimum absolute atomic E-state index is 0.266. The lowest BCUT2D eigenvalue weighted by atomic mass is 9.96. The van der Waals surface area contributed by atoms with E-state index in [4.69, 9.17) is 21.3 Å². The first-order valence-electron chi connectivity index (χ1n) is 11.0. The summed E-state index contributed by atoms with van der Waals surface area (Å²) in [6.07, 6.45) is 0.630. The fraction of sp³-hybridized carbons (Fsp3) is 0.143. The molecule has 6 heteroatoms. The van der Waals surface area contributed by atoms with Crippen molar-refractivity contribution >= 4 is 34.0 Å². The topological polar surface area (TPSA) is 62.7 Å². The summed E-state index contributed by atoms with van der Waals surface area (Å²) < 4.78 is 5.23. The van der Waals surface area contributed by atoms with E-state index in [1.54, 1.807) is 24.1 Å². The van der Waals surface area contributed by atoms with E-state index >= 15 is 0 Å². The van der Waals surface area contributed by atoms with Crippen molar-refractivity contribution in [2.45, 2.75) is 12.5 Å². The standard InChI is InChI=1S/C28H23ClN2O3/c1-34-22-13-6-18(7-14-22)16-17-31-26(20-8-11-21(29)12-9-20)25(27(32)28(31)33)24-15-10-19-4-2-3-5-23(19)30-24/h2-15,26,32H,16-17H2,1H3/t26-/m0/s1. The largest absolute Gasteiger partial charge is 0.503 e. The maximum absolute atomic E-state index is 13.3. The maximum Gasteiger partial charge on any atom is 0.289 e. The van der Waals surface area contributed by atoms with E-state index in [2.05, 4.69) is 0 Å². The molecule has 0 saturated carbocycles. The molecule has 1 aliphatic heterocycles. The SMILES string of the molecule is COc1ccc(CCN2C(=O)C(O)=C(c3ccc4ccccc4n3)[C@@H]2c2ccc(Cl)cc2)cc1. The molecule has 1 N–H and O–H groups in total. The van der Waals surface area contributed by atoms with Crippen LogP contribution < -0.4 is 4.74 Å². The van der Waals surface area contributed by atoms with Crippen molar-refractivity contribution in [3.63, 3.8) is 0 Å². The van der Waals surface area contributed by atoms with Gasteiger partial charge in [0.25, 0.3) is 5.91 Å². The molecule has 0 saturated heterocycles. The number of fused-ring (bicyclic) bond motifs is 1. The van der Waals surface area contributed by atoms with Gasteiger partial charge in [0.15, 0.2) is 5.76 Å². The van der Waals surface area contributed by atoms with E-state index in [1.807, 2.05) is 72.8 Å². The summed E-state index contributed by atoms with van der Waals surface area (Å²) in [5.74, 6) is 0.111. The van der Waals surface area contributed by atoms with Gasteiger partial charge in [-0.1, -0.05) is 60.1 Å². The molecule has 1 aliphatic rings. The molecule has 5 nitrogen and oxygen atoms in total. The van der Waals surface area contributed by atoms with Crippen LogP contribution in [0.3, 0.4) is 0 Å². The Labute approximate surface area is 202 Å². The number of amides is 1. The van der Waals surface area contributed by atoms with Crippen LogP contribution in [0.2, 0.25) is 5.02 Å². The van der Waals surface area contributed by atoms with Gasteiger partial charge in [-0.3, -0.25) is 4.79 Å². The Kier molecular flexibility index (Phi) is 5.95. The molecule has 0 radical (unpaired) electrons. The molecule has 0 unspecified atom stereocenters. The van der Waals surface area contributed by atoms with Crippen molar-refractivity contribution in [1.82, 2.24) is 9.88 Å². The summed E-state index contributed by atoms with van der Waals surface area (Å²) in [6.45, 7) is 0.430. The fourth-order valence-electron chi connectivity index (χ4n) is 4.40. The number of halogens is 1. The Morgan fingerprint density at radius 2 is 1.71 bits per heavy atom. The Hall–Kier alpha value is -3.83. The predicted molar refractivity (Wildman–Crippen MR) is 134 cm³/mol. The van der Waals surface area contributed by atoms with E-state index in [9.17, 15) is 9.90 Å². The zero-order chi connectivity index (χ0) is 23.7. The second-order valence-corrected chi connectivity index (χ2v) is 8.64. The maximum atomic E-state index is 13.3. The molecule has 3 aromatic carbocycles. The molecule has 4 aromatic rings. The fourth-order valence-corrected chi connectivity index (χ4v) is 4.52. The Morgan fingerprint density at radius 1 is 0.971 bits per heavy atom. The minimum atomic E-state index is -0.475. The number of pyridine rings is 1. The first kappa shape index (κ1) is 22.0. The van der Waals surface area contributed by atoms with Crippen molar-refractivity contribution in [2.24, 2.45) is 0 Å². The molecule has 0 aliphatic carbocycles. The van der Waals surface area contributed by atoms with E-state index in [0.717, 1.165) is 27.8 Å². The summed E-state index contributed by atoms with van der Waals surface area (Å²) in [4.78, 5) is 19.7. The highest BCUT2D eigenvalue weighted by molar-refractivity contribution is 6.30. The lowest BCUT2D eigenvalue weighted by molar-refractivity contribution is -0.129. The number of benzene rings is 3. The number of carbonyl (C=O) groups excluding carboxylic acids is 1. The first-order chi connectivity index (χ1) is 16.5. The van der Waals surface area contributed by atoms with Crippen LogP contribution in [0, 0.1) is 0 Å². The van der Waals surface area contributed by atoms with Crippen molar-refractivity contribution in [3.05, 3.63) is 113 Å². The van der Waals surface area contributed by atoms with Gasteiger partial charge in [0, 0.05) is 17.0 Å². The number of para-hydroxylation sites is 1. The summed E-state index contributed by atoms with van der Waals surface area (Å²) in [6, 6.07) is 26.3. The van der Waals surface area contributed by atoms with Gasteiger partial charge in [0.2, 0.25) is 0 Å². The lowest BCUT2D eigenvalue weighted by Gasteiger charge is -2.27. The van der Waals surface area contributed by atoms with Gasteiger partial charge in [-0.2, -0.15) is 0 Å². The quantitative estimate of drug-likeness (QED) is 0.376. The summed E-state index contributed by atoms with van der Waals surface area (Å²) >= 11 is 6.13. The molecular formula is C28H23ClN2O3. The van der Waals surface area contributed by atoms with Gasteiger partial charge in [0.1, 0.15) is 5.75 Å². The summed E-state index contributed by atoms with van der Waals surface area (Å²) in [7, 11) is 1.63. The molecule has 2 heterocycles. The van der Waals surface area contributed by atoms with Crippen LogP contribution in [-0.2, 0) is 11.2 Å². The van der Waals surface area contributed by atoms with E-state index in [1.165, 1.54) is 0 Å². The Morgan fingerprint density at radius 3 is 2.44 bits per heavy atom. The van der Waals surface area contributed by atoms with E-state index in [-0.39, 0.29) is 5.76 Å². The van der Waals surface area contributed by atoms with E-state index < -0.39 is 11.9 Å². The lowest BCUT2D eigenvalue weighted by Crippen LogP contribution is -2.32. The van der Waals surface area contributed by atoms with Crippen LogP contribution in [0.15, 0.2) is 90.7 Å². The average Bonchev–Trinajstić information content (AvgIpc) is 3.13. The molecule has 0 spiro atoms. The molecule has 0 fully saturated rings. The highest BCUT2D eigenvalue weighted by atomic mass is 35.5. The molecule has 1 aromatic heterocycles. The molecule has 1 atom stereocenters. The number of carbonyl (C=O) groups is 1. The number of methoxy groups -OCH3 is 1. The predicted octanol–water partition coefficient (Wildman–Crippen LogP) is 5.99. The van der Waals surface area contributed by atoms with Gasteiger partial charge in [-0.15, -0.1) is 0 Å². The van der Waals surface area contributed by atoms with Gasteiger partial charge in [-0.05, 0) is 53.9 Å². The number of hydrogen-bond acceptors (Lipinski definition) is 4. The second-order valence-electron chi connectivity index (χ2n) is 8.20. The zero-order valence-corrected chi connectivity index (χ0v) is 19.4. The second kappa shape index (κ2) is 9.20. The van der Waals surface area contributed by atoms with Gasteiger partial charge in [-0.25, -0.2) is 4.98 Å². The third-order valence-electron chi connectivity index (χ3n) is 6.16. The molecule has 170 valence electrons. The summed E-state index contributed by atoms with van der Waals surface area (Å²) in [5.41, 5.74) is 3.82. The minimum Gasteiger partial charge on any atom is -0.503 e. The van der Waals surface area contributed by atoms with E-state index in [0.29, 0.717) is 29.3 Å². The Bertz CT molecular complexity index is 1380. The molecule has 34 heavy (non-hydrogen) atoms. The van der Waals surface area contributed by atoms with Crippen LogP contribution in [0.5, 0.6) is 5.75 Å². The number of nitrogens with zero attached hydrogens (tertiary/aromatic N) is 2. The Balaban J connectivity index is 1.53. The first-order valence-corrected chi connectivity index (χ1v) is 11.4. The van der Waals surface area contributed by atoms with Crippen molar-refractivity contribution in [1.29, 1.82) is 0 Å². The third kappa shape index (κ3) is 4.11. The van der Waals surface area contributed by atoms with Gasteiger partial charge < -0.3 is 14.7 Å². The monoisotopic (exact) mass is 470 g/mol. The summed E-state index contributed by atoms with van der Waals surface area (Å²) in [5, 5.41) is 12.6. The normalized spacial score (nSPS) is 15.9. The van der Waals surface area contributed by atoms with Crippen LogP contribution in [-0.4, -0.2) is 34.6 Å². The molecule has 5 rings (SSSR count). The number of aliphatic hydroxyl groups is 1. The number of aromatic nitrogens is 1. The van der Waals surface area contributed by atoms with Crippen molar-refractivity contribution in [3.8, 4) is 5.75 Å². The third-order valence-corrected chi connectivity index (χ3v) is 6.42. The number of ether oxygens (including phenoxy) is 1. The molecule has 1 amide bonds. The van der Waals surface area contributed by atoms with Gasteiger partial charge >= 0.3 is 0 Å². The van der Waals surface area contributed by atoms with Crippen LogP contribution in [0.4, 0.5) is 0 Å². The smallest absolute Gasteiger partial charge is 0.289 e. The highest BCUT2D eigenvalue weighted by Crippen LogP contribution is 2.43. The van der Waals surface area contributed by atoms with Crippen molar-refractivity contribution in [2.75, 3.05) is 13.7 Å². The van der Waals surface area contributed by atoms with Gasteiger partial charge in [0.05, 0.1) is 29.9 Å². The zero-order valence-electron chi connectivity index (χ0n) is 18.6. The highest BCUT2D eigenvalue weighted by Gasteiger charge is 2.41. The molecular weight excluding hydrogens is 448 g/mol. The van der Waals surface area contributed by atoms with Crippen LogP contribution >= 0.6 is 11.6 Å². The average molecular weight is 471 g/mol. The van der Waals surface area contributed by atoms with Crippen molar-refractivity contribution < 1.29 is 14.6 Å². The van der Waals surface area contributed by atoms with Crippen LogP contribution in [0.25, 0.3) is 16.5 Å². The number of aliphatic hydroxyl groups excluding tert-OH is 1.